The molecule has 1 aromatic heterocycles. The SMILES string of the molecule is CCCCc1ncc(CNC(=O)C(CC(C)C)C(S)C(=O)c2ccc(OC)cc2)n1Cc1ccc(C(=O)O)c(Br)c1. The number of ether oxygens (including phenoxy) is 1. The van der Waals surface area contributed by atoms with Crippen LogP contribution in [0, 0.1) is 11.8 Å². The Bertz CT molecular complexity index is 1360. The summed E-state index contributed by atoms with van der Waals surface area (Å²) in [6.45, 7) is 6.86. The summed E-state index contributed by atoms with van der Waals surface area (Å²) in [6.07, 6.45) is 5.04. The van der Waals surface area contributed by atoms with Gasteiger partial charge in [0.05, 0.1) is 42.3 Å². The molecule has 0 saturated carbocycles. The second-order valence-corrected chi connectivity index (χ2v) is 11.9. The summed E-state index contributed by atoms with van der Waals surface area (Å²) in [5.41, 5.74) is 2.40. The number of carbonyl (C=O) groups is 3. The number of ketones is 1. The molecule has 0 bridgehead atoms. The molecule has 220 valence electrons. The zero-order valence-corrected chi connectivity index (χ0v) is 26.4. The molecular weight excluding hydrogens is 606 g/mol. The number of aromatic nitrogens is 2. The van der Waals surface area contributed by atoms with E-state index in [0.29, 0.717) is 28.8 Å². The van der Waals surface area contributed by atoms with Crippen molar-refractivity contribution in [3.63, 3.8) is 0 Å². The Morgan fingerprint density at radius 3 is 2.44 bits per heavy atom. The van der Waals surface area contributed by atoms with E-state index in [1.54, 1.807) is 55.8 Å². The second-order valence-electron chi connectivity index (χ2n) is 10.5. The number of imidazole rings is 1. The van der Waals surface area contributed by atoms with E-state index >= 15 is 0 Å². The fraction of sp³-hybridized carbons (Fsp3) is 0.419. The van der Waals surface area contributed by atoms with Gasteiger partial charge in [-0.2, -0.15) is 12.6 Å². The van der Waals surface area contributed by atoms with Crippen molar-refractivity contribution >= 4 is 46.2 Å². The smallest absolute Gasteiger partial charge is 0.336 e. The number of rotatable bonds is 15. The van der Waals surface area contributed by atoms with Crippen LogP contribution in [0.5, 0.6) is 5.75 Å². The normalized spacial score (nSPS) is 12.7. The number of amides is 1. The number of nitrogens with one attached hydrogen (secondary N) is 1. The Kier molecular flexibility index (Phi) is 12.0. The molecule has 3 rings (SSSR count). The highest BCUT2D eigenvalue weighted by molar-refractivity contribution is 9.10. The second kappa shape index (κ2) is 15.2. The van der Waals surface area contributed by atoms with Crippen LogP contribution in [-0.4, -0.2) is 44.7 Å². The number of aromatic carboxylic acids is 1. The van der Waals surface area contributed by atoms with Gasteiger partial charge < -0.3 is 19.7 Å². The topological polar surface area (TPSA) is 111 Å². The summed E-state index contributed by atoms with van der Waals surface area (Å²) in [5, 5.41) is 11.6. The number of nitrogens with zero attached hydrogens (tertiary/aromatic N) is 2. The zero-order valence-electron chi connectivity index (χ0n) is 23.9. The first-order chi connectivity index (χ1) is 19.5. The van der Waals surface area contributed by atoms with Gasteiger partial charge >= 0.3 is 5.97 Å². The molecule has 1 heterocycles. The molecule has 0 aliphatic heterocycles. The quantitative estimate of drug-likeness (QED) is 0.134. The van der Waals surface area contributed by atoms with E-state index in [4.69, 9.17) is 4.74 Å². The molecule has 1 amide bonds. The van der Waals surface area contributed by atoms with Gasteiger partial charge in [0.15, 0.2) is 5.78 Å². The molecule has 41 heavy (non-hydrogen) atoms. The Labute approximate surface area is 255 Å². The van der Waals surface area contributed by atoms with E-state index in [-0.39, 0.29) is 29.7 Å². The van der Waals surface area contributed by atoms with Crippen LogP contribution in [0.4, 0.5) is 0 Å². The summed E-state index contributed by atoms with van der Waals surface area (Å²) < 4.78 is 7.76. The molecule has 3 aromatic rings. The van der Waals surface area contributed by atoms with Crippen molar-refractivity contribution < 1.29 is 24.2 Å². The lowest BCUT2D eigenvalue weighted by Gasteiger charge is -2.24. The number of thiol groups is 1. The third-order valence-electron chi connectivity index (χ3n) is 6.91. The van der Waals surface area contributed by atoms with E-state index in [9.17, 15) is 19.5 Å². The molecular formula is C31H38BrN3O5S. The third kappa shape index (κ3) is 8.69. The van der Waals surface area contributed by atoms with E-state index in [2.05, 4.69) is 50.4 Å². The average molecular weight is 645 g/mol. The number of benzene rings is 2. The number of hydrogen-bond acceptors (Lipinski definition) is 6. The predicted octanol–water partition coefficient (Wildman–Crippen LogP) is 6.20. The minimum atomic E-state index is -0.998. The first kappa shape index (κ1) is 32.4. The summed E-state index contributed by atoms with van der Waals surface area (Å²) >= 11 is 7.99. The van der Waals surface area contributed by atoms with Crippen molar-refractivity contribution in [1.82, 2.24) is 14.9 Å². The van der Waals surface area contributed by atoms with Crippen molar-refractivity contribution in [3.05, 3.63) is 81.3 Å². The zero-order chi connectivity index (χ0) is 30.1. The summed E-state index contributed by atoms with van der Waals surface area (Å²) in [5.74, 6) is -0.340. The van der Waals surface area contributed by atoms with Crippen LogP contribution in [0.1, 0.15) is 77.8 Å². The Balaban J connectivity index is 1.80. The third-order valence-corrected chi connectivity index (χ3v) is 8.16. The Morgan fingerprint density at radius 2 is 1.85 bits per heavy atom. The highest BCUT2D eigenvalue weighted by Gasteiger charge is 2.32. The van der Waals surface area contributed by atoms with E-state index < -0.39 is 17.1 Å². The molecule has 0 fully saturated rings. The molecule has 0 saturated heterocycles. The highest BCUT2D eigenvalue weighted by Crippen LogP contribution is 2.25. The average Bonchev–Trinajstić information content (AvgIpc) is 3.33. The van der Waals surface area contributed by atoms with Gasteiger partial charge in [-0.05, 0) is 76.7 Å². The van der Waals surface area contributed by atoms with Crippen LogP contribution in [0.25, 0.3) is 0 Å². The Morgan fingerprint density at radius 1 is 1.15 bits per heavy atom. The van der Waals surface area contributed by atoms with Crippen LogP contribution < -0.4 is 10.1 Å². The van der Waals surface area contributed by atoms with Crippen molar-refractivity contribution in [2.24, 2.45) is 11.8 Å². The van der Waals surface area contributed by atoms with Crippen LogP contribution in [0.2, 0.25) is 0 Å². The molecule has 2 unspecified atom stereocenters. The molecule has 0 radical (unpaired) electrons. The molecule has 2 N–H and O–H groups in total. The number of hydrogen-bond donors (Lipinski definition) is 3. The van der Waals surface area contributed by atoms with E-state index in [0.717, 1.165) is 36.3 Å². The number of methoxy groups -OCH3 is 1. The number of halogens is 1. The fourth-order valence-corrected chi connectivity index (χ4v) is 5.64. The number of aryl methyl sites for hydroxylation is 1. The van der Waals surface area contributed by atoms with Gasteiger partial charge in [0.25, 0.3) is 0 Å². The van der Waals surface area contributed by atoms with Crippen molar-refractivity contribution in [2.75, 3.05) is 7.11 Å². The maximum atomic E-state index is 13.5. The van der Waals surface area contributed by atoms with Crippen molar-refractivity contribution in [1.29, 1.82) is 0 Å². The van der Waals surface area contributed by atoms with Gasteiger partial charge in [0, 0.05) is 23.0 Å². The van der Waals surface area contributed by atoms with Crippen LogP contribution in [0.3, 0.4) is 0 Å². The van der Waals surface area contributed by atoms with E-state index in [1.807, 2.05) is 13.8 Å². The largest absolute Gasteiger partial charge is 0.497 e. The lowest BCUT2D eigenvalue weighted by atomic mass is 9.89. The summed E-state index contributed by atoms with van der Waals surface area (Å²) in [6, 6.07) is 12.0. The lowest BCUT2D eigenvalue weighted by Crippen LogP contribution is -2.39. The molecule has 10 heteroatoms. The Hall–Kier alpha value is -3.11. The highest BCUT2D eigenvalue weighted by atomic mass is 79.9. The lowest BCUT2D eigenvalue weighted by molar-refractivity contribution is -0.125. The number of carboxylic acids is 1. The standard InChI is InChI=1S/C31H38BrN3O5S/c1-5-6-7-27-33-16-22(35(27)18-20-8-13-24(31(38)39)26(32)15-20)17-34-30(37)25(14-19(2)3)29(41)28(36)21-9-11-23(40-4)12-10-21/h8-13,15-16,19,25,29,41H,5-7,14,17-18H2,1-4H3,(H,34,37)(H,38,39). The fourth-order valence-electron chi connectivity index (χ4n) is 4.64. The molecule has 0 spiro atoms. The monoisotopic (exact) mass is 643 g/mol. The van der Waals surface area contributed by atoms with Gasteiger partial charge in [-0.25, -0.2) is 9.78 Å². The summed E-state index contributed by atoms with van der Waals surface area (Å²) in [4.78, 5) is 42.8. The molecule has 0 aliphatic carbocycles. The summed E-state index contributed by atoms with van der Waals surface area (Å²) in [7, 11) is 1.56. The van der Waals surface area contributed by atoms with Gasteiger partial charge in [0.2, 0.25) is 5.91 Å². The molecule has 8 nitrogen and oxygen atoms in total. The van der Waals surface area contributed by atoms with Crippen LogP contribution in [-0.2, 0) is 24.3 Å². The minimum Gasteiger partial charge on any atom is -0.497 e. The van der Waals surface area contributed by atoms with Crippen LogP contribution >= 0.6 is 28.6 Å². The molecule has 0 aliphatic rings. The van der Waals surface area contributed by atoms with Crippen molar-refractivity contribution in [2.45, 2.75) is 64.8 Å². The first-order valence-electron chi connectivity index (χ1n) is 13.7. The van der Waals surface area contributed by atoms with Crippen LogP contribution in [0.15, 0.2) is 53.1 Å². The van der Waals surface area contributed by atoms with Gasteiger partial charge in [0.1, 0.15) is 11.6 Å². The van der Waals surface area contributed by atoms with Gasteiger partial charge in [-0.1, -0.05) is 33.3 Å². The van der Waals surface area contributed by atoms with Gasteiger partial charge in [-0.15, -0.1) is 0 Å². The number of Topliss-reactive ketones (excluding diaryl/α,β-unsaturated/α-hetero) is 1. The maximum absolute atomic E-state index is 13.5. The van der Waals surface area contributed by atoms with Crippen molar-refractivity contribution in [3.8, 4) is 5.75 Å². The maximum Gasteiger partial charge on any atom is 0.336 e. The first-order valence-corrected chi connectivity index (χ1v) is 15.1. The minimum absolute atomic E-state index is 0.183. The predicted molar refractivity (Wildman–Crippen MR) is 166 cm³/mol. The molecule has 2 aromatic carbocycles. The van der Waals surface area contributed by atoms with E-state index in [1.165, 1.54) is 0 Å². The van der Waals surface area contributed by atoms with Gasteiger partial charge in [-0.3, -0.25) is 9.59 Å². The number of carboxylic acid groups (broad SMARTS) is 1. The molecule has 2 atom stereocenters. The number of carbonyl (C=O) groups excluding carboxylic acids is 2. The number of unbranched alkanes of at least 4 members (excludes halogenated alkanes) is 1.